The van der Waals surface area contributed by atoms with Gasteiger partial charge in [0, 0.05) is 16.7 Å². The summed E-state index contributed by atoms with van der Waals surface area (Å²) in [5.74, 6) is 0.959. The van der Waals surface area contributed by atoms with Gasteiger partial charge in [0.2, 0.25) is 13.6 Å². The van der Waals surface area contributed by atoms with Gasteiger partial charge >= 0.3 is 11.9 Å². The third-order valence-corrected chi connectivity index (χ3v) is 6.56. The zero-order chi connectivity index (χ0) is 33.2. The molecule has 0 spiro atoms. The Morgan fingerprint density at radius 3 is 1.77 bits per heavy atom. The van der Waals surface area contributed by atoms with Gasteiger partial charge in [-0.25, -0.2) is 0 Å². The SMILES string of the molecule is CCCOc1c(C=CC(=O)c2ccc(OCOC(=O)C(C)(C)C)cc2)cc(C(C)C)c(OCOC(=O)C(C)(C)C)c1C(C)C. The van der Waals surface area contributed by atoms with E-state index < -0.39 is 10.8 Å². The van der Waals surface area contributed by atoms with E-state index in [9.17, 15) is 14.4 Å². The summed E-state index contributed by atoms with van der Waals surface area (Å²) in [4.78, 5) is 37.4. The molecule has 0 aliphatic rings. The molecule has 2 aromatic rings. The molecule has 0 saturated heterocycles. The molecule has 0 amide bonds. The predicted molar refractivity (Wildman–Crippen MR) is 172 cm³/mol. The Bertz CT molecular complexity index is 1310. The second-order valence-electron chi connectivity index (χ2n) is 13.4. The highest BCUT2D eigenvalue weighted by atomic mass is 16.7. The van der Waals surface area contributed by atoms with Crippen LogP contribution >= 0.6 is 0 Å². The zero-order valence-electron chi connectivity index (χ0n) is 28.3. The molecule has 0 heterocycles. The fourth-order valence-corrected chi connectivity index (χ4v) is 4.02. The number of benzene rings is 2. The first kappa shape index (κ1) is 36.4. The average Bonchev–Trinajstić information content (AvgIpc) is 2.93. The second-order valence-corrected chi connectivity index (χ2v) is 13.4. The van der Waals surface area contributed by atoms with Crippen molar-refractivity contribution < 1.29 is 38.1 Å². The molecule has 0 radical (unpaired) electrons. The molecule has 44 heavy (non-hydrogen) atoms. The van der Waals surface area contributed by atoms with Crippen LogP contribution < -0.4 is 14.2 Å². The molecule has 2 aromatic carbocycles. The first-order valence-electron chi connectivity index (χ1n) is 15.2. The quantitative estimate of drug-likeness (QED) is 0.0909. The van der Waals surface area contributed by atoms with E-state index in [0.717, 1.165) is 23.1 Å². The molecule has 242 valence electrons. The van der Waals surface area contributed by atoms with E-state index >= 15 is 0 Å². The van der Waals surface area contributed by atoms with E-state index in [1.165, 1.54) is 6.08 Å². The molecule has 0 fully saturated rings. The van der Waals surface area contributed by atoms with Crippen LogP contribution in [-0.2, 0) is 19.1 Å². The van der Waals surface area contributed by atoms with Gasteiger partial charge in [0.25, 0.3) is 0 Å². The van der Waals surface area contributed by atoms with Crippen molar-refractivity contribution in [3.05, 3.63) is 58.7 Å². The Morgan fingerprint density at radius 1 is 0.750 bits per heavy atom. The van der Waals surface area contributed by atoms with Crippen molar-refractivity contribution in [1.82, 2.24) is 0 Å². The van der Waals surface area contributed by atoms with Crippen LogP contribution in [0.4, 0.5) is 0 Å². The van der Waals surface area contributed by atoms with Gasteiger partial charge in [-0.2, -0.15) is 0 Å². The van der Waals surface area contributed by atoms with E-state index in [-0.39, 0.29) is 43.1 Å². The van der Waals surface area contributed by atoms with E-state index in [4.69, 9.17) is 23.7 Å². The Morgan fingerprint density at radius 2 is 1.30 bits per heavy atom. The smallest absolute Gasteiger partial charge is 0.314 e. The number of esters is 2. The molecule has 8 heteroatoms. The summed E-state index contributed by atoms with van der Waals surface area (Å²) in [7, 11) is 0. The number of ether oxygens (including phenoxy) is 5. The van der Waals surface area contributed by atoms with Crippen LogP contribution in [0.3, 0.4) is 0 Å². The fourth-order valence-electron chi connectivity index (χ4n) is 4.02. The number of allylic oxidation sites excluding steroid dienone is 1. The molecule has 0 atom stereocenters. The first-order valence-corrected chi connectivity index (χ1v) is 15.2. The molecule has 0 aliphatic carbocycles. The highest BCUT2D eigenvalue weighted by molar-refractivity contribution is 6.07. The number of carbonyl (C=O) groups excluding carboxylic acids is 3. The maximum Gasteiger partial charge on any atom is 0.314 e. The van der Waals surface area contributed by atoms with Crippen LogP contribution in [0.2, 0.25) is 0 Å². The molecule has 8 nitrogen and oxygen atoms in total. The Balaban J connectivity index is 2.36. The third kappa shape index (κ3) is 10.4. The predicted octanol–water partition coefficient (Wildman–Crippen LogP) is 8.47. The fraction of sp³-hybridized carbons (Fsp3) is 0.528. The van der Waals surface area contributed by atoms with Crippen molar-refractivity contribution in [2.45, 2.75) is 94.4 Å². The van der Waals surface area contributed by atoms with Crippen molar-refractivity contribution in [1.29, 1.82) is 0 Å². The maximum atomic E-state index is 13.1. The summed E-state index contributed by atoms with van der Waals surface area (Å²) < 4.78 is 28.5. The maximum absolute atomic E-state index is 13.1. The number of hydrogen-bond acceptors (Lipinski definition) is 8. The van der Waals surface area contributed by atoms with Crippen molar-refractivity contribution in [3.63, 3.8) is 0 Å². The minimum atomic E-state index is -0.643. The average molecular weight is 611 g/mol. The van der Waals surface area contributed by atoms with Gasteiger partial charge in [-0.05, 0) is 108 Å². The van der Waals surface area contributed by atoms with Gasteiger partial charge in [-0.15, -0.1) is 0 Å². The van der Waals surface area contributed by atoms with E-state index in [0.29, 0.717) is 29.4 Å². The van der Waals surface area contributed by atoms with Crippen LogP contribution in [0, 0.1) is 10.8 Å². The number of carbonyl (C=O) groups is 3. The van der Waals surface area contributed by atoms with Crippen molar-refractivity contribution in [2.24, 2.45) is 10.8 Å². The van der Waals surface area contributed by atoms with Crippen LogP contribution in [0.1, 0.15) is 121 Å². The number of ketones is 1. The van der Waals surface area contributed by atoms with Gasteiger partial charge < -0.3 is 23.7 Å². The normalized spacial score (nSPS) is 12.0. The molecular formula is C36H50O8. The van der Waals surface area contributed by atoms with Gasteiger partial charge in [0.1, 0.15) is 17.2 Å². The molecule has 0 bridgehead atoms. The van der Waals surface area contributed by atoms with Crippen LogP contribution in [0.5, 0.6) is 17.2 Å². The lowest BCUT2D eigenvalue weighted by molar-refractivity contribution is -0.160. The van der Waals surface area contributed by atoms with E-state index in [1.54, 1.807) is 71.9 Å². The lowest BCUT2D eigenvalue weighted by atomic mass is 9.90. The zero-order valence-corrected chi connectivity index (χ0v) is 28.3. The molecule has 0 N–H and O–H groups in total. The third-order valence-electron chi connectivity index (χ3n) is 6.56. The van der Waals surface area contributed by atoms with Gasteiger partial charge in [-0.3, -0.25) is 14.4 Å². The monoisotopic (exact) mass is 610 g/mol. The van der Waals surface area contributed by atoms with Gasteiger partial charge in [0.05, 0.1) is 17.4 Å². The minimum absolute atomic E-state index is 0.0203. The summed E-state index contributed by atoms with van der Waals surface area (Å²) in [6.45, 7) is 21.0. The highest BCUT2D eigenvalue weighted by Crippen LogP contribution is 2.44. The van der Waals surface area contributed by atoms with E-state index in [1.807, 2.05) is 13.0 Å². The Labute approximate surface area is 263 Å². The Kier molecular flexibility index (Phi) is 13.0. The van der Waals surface area contributed by atoms with Crippen molar-refractivity contribution in [3.8, 4) is 17.2 Å². The molecule has 2 rings (SSSR count). The lowest BCUT2D eigenvalue weighted by Gasteiger charge is -2.25. The summed E-state index contributed by atoms with van der Waals surface area (Å²) in [6.07, 6.45) is 4.09. The Hall–Kier alpha value is -3.81. The molecule has 0 unspecified atom stereocenters. The molecule has 0 saturated carbocycles. The first-order chi connectivity index (χ1) is 20.5. The lowest BCUT2D eigenvalue weighted by Crippen LogP contribution is -2.25. The van der Waals surface area contributed by atoms with Crippen LogP contribution in [0.25, 0.3) is 6.08 Å². The minimum Gasteiger partial charge on any atom is -0.493 e. The largest absolute Gasteiger partial charge is 0.493 e. The highest BCUT2D eigenvalue weighted by Gasteiger charge is 2.26. The number of hydrogen-bond donors (Lipinski definition) is 0. The van der Waals surface area contributed by atoms with Crippen molar-refractivity contribution in [2.75, 3.05) is 20.2 Å². The second kappa shape index (κ2) is 15.8. The number of rotatable bonds is 14. The molecular weight excluding hydrogens is 560 g/mol. The molecule has 0 aliphatic heterocycles. The summed E-state index contributed by atoms with van der Waals surface area (Å²) in [5, 5.41) is 0. The van der Waals surface area contributed by atoms with Crippen LogP contribution in [-0.4, -0.2) is 37.9 Å². The standard InChI is InChI=1S/C36H50O8/c1-12-19-40-31-26(15-18-29(37)25-13-16-27(17-14-25)41-21-43-33(38)35(6,7)8)20-28(23(2)3)32(30(31)24(4)5)42-22-44-34(39)36(9,10)11/h13-18,20,23-24H,12,19,21-22H2,1-11H3. The van der Waals surface area contributed by atoms with Crippen LogP contribution in [0.15, 0.2) is 36.4 Å². The van der Waals surface area contributed by atoms with E-state index in [2.05, 4.69) is 27.7 Å². The van der Waals surface area contributed by atoms with Crippen molar-refractivity contribution >= 4 is 23.8 Å². The summed E-state index contributed by atoms with van der Waals surface area (Å²) in [6, 6.07) is 8.62. The summed E-state index contributed by atoms with van der Waals surface area (Å²) >= 11 is 0. The van der Waals surface area contributed by atoms with Gasteiger partial charge in [-0.1, -0.05) is 34.6 Å². The molecule has 0 aromatic heterocycles. The topological polar surface area (TPSA) is 97.4 Å². The van der Waals surface area contributed by atoms with Gasteiger partial charge in [0.15, 0.2) is 5.78 Å². The summed E-state index contributed by atoms with van der Waals surface area (Å²) in [5.41, 5.74) is 1.76.